The van der Waals surface area contributed by atoms with E-state index in [4.69, 9.17) is 21.1 Å². The van der Waals surface area contributed by atoms with Gasteiger partial charge in [0.1, 0.15) is 11.6 Å². The molecule has 26 heavy (non-hydrogen) atoms. The molecule has 0 radical (unpaired) electrons. The normalized spacial score (nSPS) is 10.7. The van der Waals surface area contributed by atoms with Crippen molar-refractivity contribution < 1.29 is 14.3 Å². The highest BCUT2D eigenvalue weighted by Crippen LogP contribution is 2.29. The number of carbonyl (C=O) groups excluding carboxylic acids is 1. The van der Waals surface area contributed by atoms with E-state index in [-0.39, 0.29) is 5.57 Å². The van der Waals surface area contributed by atoms with E-state index in [1.807, 2.05) is 6.07 Å². The van der Waals surface area contributed by atoms with Gasteiger partial charge in [-0.3, -0.25) is 4.79 Å². The maximum atomic E-state index is 12.3. The number of halogens is 1. The second-order valence-corrected chi connectivity index (χ2v) is 5.66. The van der Waals surface area contributed by atoms with E-state index in [9.17, 15) is 10.1 Å². The molecule has 2 aromatic rings. The molecule has 0 spiro atoms. The number of anilines is 2. The van der Waals surface area contributed by atoms with Crippen LogP contribution >= 0.6 is 11.6 Å². The minimum Gasteiger partial charge on any atom is -0.493 e. The average Bonchev–Trinajstić information content (AvgIpc) is 2.65. The van der Waals surface area contributed by atoms with E-state index < -0.39 is 5.91 Å². The zero-order chi connectivity index (χ0) is 19.1. The summed E-state index contributed by atoms with van der Waals surface area (Å²) in [4.78, 5) is 12.3. The van der Waals surface area contributed by atoms with Crippen LogP contribution in [-0.4, -0.2) is 20.1 Å². The molecule has 0 aromatic heterocycles. The van der Waals surface area contributed by atoms with E-state index in [1.54, 1.807) is 50.4 Å². The minimum atomic E-state index is -0.536. The van der Waals surface area contributed by atoms with Crippen molar-refractivity contribution in [3.8, 4) is 17.6 Å². The molecule has 0 fully saturated rings. The van der Waals surface area contributed by atoms with Crippen LogP contribution in [0.25, 0.3) is 0 Å². The molecule has 6 nitrogen and oxygen atoms in total. The van der Waals surface area contributed by atoms with E-state index in [1.165, 1.54) is 13.3 Å². The van der Waals surface area contributed by atoms with Gasteiger partial charge in [-0.25, -0.2) is 0 Å². The molecule has 0 aliphatic carbocycles. The summed E-state index contributed by atoms with van der Waals surface area (Å²) in [5, 5.41) is 15.4. The maximum Gasteiger partial charge on any atom is 0.267 e. The van der Waals surface area contributed by atoms with Gasteiger partial charge in [0.2, 0.25) is 0 Å². The number of ether oxygens (including phenoxy) is 2. The Morgan fingerprint density at radius 2 is 1.92 bits per heavy atom. The summed E-state index contributed by atoms with van der Waals surface area (Å²) in [6.45, 7) is 1.79. The van der Waals surface area contributed by atoms with Gasteiger partial charge in [-0.15, -0.1) is 0 Å². The lowest BCUT2D eigenvalue weighted by molar-refractivity contribution is -0.112. The van der Waals surface area contributed by atoms with Crippen LogP contribution in [0, 0.1) is 18.3 Å². The standard InChI is InChI=1S/C19H18ClN3O3/c1-12-15(20)5-4-6-16(12)23-19(24)13(10-21)11-22-14-7-8-17(25-2)18(9-14)26-3/h4-9,11,22H,1-3H3,(H,23,24)/b13-11-. The summed E-state index contributed by atoms with van der Waals surface area (Å²) >= 11 is 6.04. The predicted molar refractivity (Wildman–Crippen MR) is 102 cm³/mol. The van der Waals surface area contributed by atoms with Crippen LogP contribution in [-0.2, 0) is 4.79 Å². The van der Waals surface area contributed by atoms with Crippen molar-refractivity contribution in [2.24, 2.45) is 0 Å². The highest BCUT2D eigenvalue weighted by molar-refractivity contribution is 6.31. The molecule has 0 bridgehead atoms. The minimum absolute atomic E-state index is 0.0841. The van der Waals surface area contributed by atoms with Crippen LogP contribution in [0.2, 0.25) is 5.02 Å². The van der Waals surface area contributed by atoms with Crippen molar-refractivity contribution in [2.75, 3.05) is 24.9 Å². The van der Waals surface area contributed by atoms with Crippen molar-refractivity contribution in [1.29, 1.82) is 5.26 Å². The highest BCUT2D eigenvalue weighted by Gasteiger charge is 2.12. The molecule has 0 atom stereocenters. The molecule has 1 amide bonds. The van der Waals surface area contributed by atoms with Gasteiger partial charge in [-0.05, 0) is 36.8 Å². The number of benzene rings is 2. The first kappa shape index (κ1) is 19.2. The fourth-order valence-electron chi connectivity index (χ4n) is 2.16. The zero-order valence-electron chi connectivity index (χ0n) is 14.6. The number of methoxy groups -OCH3 is 2. The number of nitriles is 1. The highest BCUT2D eigenvalue weighted by atomic mass is 35.5. The van der Waals surface area contributed by atoms with E-state index in [2.05, 4.69) is 10.6 Å². The van der Waals surface area contributed by atoms with Gasteiger partial charge < -0.3 is 20.1 Å². The second kappa shape index (κ2) is 8.79. The Labute approximate surface area is 157 Å². The Kier molecular flexibility index (Phi) is 6.48. The van der Waals surface area contributed by atoms with Gasteiger partial charge in [-0.1, -0.05) is 17.7 Å². The van der Waals surface area contributed by atoms with Crippen LogP contribution in [0.15, 0.2) is 48.2 Å². The molecular formula is C19H18ClN3O3. The number of carbonyl (C=O) groups is 1. The van der Waals surface area contributed by atoms with Crippen molar-refractivity contribution in [1.82, 2.24) is 0 Å². The van der Waals surface area contributed by atoms with Crippen LogP contribution in [0.4, 0.5) is 11.4 Å². The monoisotopic (exact) mass is 371 g/mol. The summed E-state index contributed by atoms with van der Waals surface area (Å²) in [6.07, 6.45) is 1.33. The van der Waals surface area contributed by atoms with Crippen LogP contribution in [0.1, 0.15) is 5.56 Å². The van der Waals surface area contributed by atoms with Crippen LogP contribution in [0.3, 0.4) is 0 Å². The van der Waals surface area contributed by atoms with Crippen molar-refractivity contribution in [2.45, 2.75) is 6.92 Å². The molecule has 0 unspecified atom stereocenters. The number of amides is 1. The Morgan fingerprint density at radius 1 is 1.19 bits per heavy atom. The van der Waals surface area contributed by atoms with E-state index >= 15 is 0 Å². The average molecular weight is 372 g/mol. The topological polar surface area (TPSA) is 83.4 Å². The van der Waals surface area contributed by atoms with Gasteiger partial charge in [0.05, 0.1) is 14.2 Å². The number of hydrogen-bond donors (Lipinski definition) is 2. The molecule has 2 rings (SSSR count). The molecule has 0 aliphatic heterocycles. The summed E-state index contributed by atoms with van der Waals surface area (Å²) < 4.78 is 10.4. The first-order chi connectivity index (χ1) is 12.5. The number of hydrogen-bond acceptors (Lipinski definition) is 5. The van der Waals surface area contributed by atoms with E-state index in [0.717, 1.165) is 5.56 Å². The lowest BCUT2D eigenvalue weighted by Crippen LogP contribution is -2.15. The third-order valence-electron chi connectivity index (χ3n) is 3.65. The zero-order valence-corrected chi connectivity index (χ0v) is 15.3. The molecule has 134 valence electrons. The Morgan fingerprint density at radius 3 is 2.58 bits per heavy atom. The third kappa shape index (κ3) is 4.47. The predicted octanol–water partition coefficient (Wildman–Crippen LogP) is 4.12. The summed E-state index contributed by atoms with van der Waals surface area (Å²) in [5.41, 5.74) is 1.84. The molecule has 0 saturated heterocycles. The fourth-order valence-corrected chi connectivity index (χ4v) is 2.34. The summed E-state index contributed by atoms with van der Waals surface area (Å²) in [5.74, 6) is 0.575. The Balaban J connectivity index is 2.16. The smallest absolute Gasteiger partial charge is 0.267 e. The molecule has 2 aromatic carbocycles. The molecular weight excluding hydrogens is 354 g/mol. The number of rotatable bonds is 6. The molecule has 0 heterocycles. The van der Waals surface area contributed by atoms with Gasteiger partial charge in [0, 0.05) is 28.7 Å². The molecule has 0 aliphatic rings. The summed E-state index contributed by atoms with van der Waals surface area (Å²) in [7, 11) is 3.07. The largest absolute Gasteiger partial charge is 0.493 e. The lowest BCUT2D eigenvalue weighted by Gasteiger charge is -2.10. The van der Waals surface area contributed by atoms with Crippen molar-refractivity contribution >= 4 is 28.9 Å². The second-order valence-electron chi connectivity index (χ2n) is 5.25. The lowest BCUT2D eigenvalue weighted by atomic mass is 10.2. The maximum absolute atomic E-state index is 12.3. The first-order valence-electron chi connectivity index (χ1n) is 7.65. The number of nitrogens with one attached hydrogen (secondary N) is 2. The van der Waals surface area contributed by atoms with Gasteiger partial charge in [-0.2, -0.15) is 5.26 Å². The van der Waals surface area contributed by atoms with Gasteiger partial charge >= 0.3 is 0 Å². The van der Waals surface area contributed by atoms with Gasteiger partial charge in [0.25, 0.3) is 5.91 Å². The van der Waals surface area contributed by atoms with Crippen molar-refractivity contribution in [3.05, 3.63) is 58.8 Å². The van der Waals surface area contributed by atoms with Gasteiger partial charge in [0.15, 0.2) is 11.5 Å². The first-order valence-corrected chi connectivity index (χ1v) is 8.03. The third-order valence-corrected chi connectivity index (χ3v) is 4.06. The molecule has 2 N–H and O–H groups in total. The van der Waals surface area contributed by atoms with Crippen molar-refractivity contribution in [3.63, 3.8) is 0 Å². The van der Waals surface area contributed by atoms with Crippen LogP contribution in [0.5, 0.6) is 11.5 Å². The quantitative estimate of drug-likeness (QED) is 0.589. The Hall–Kier alpha value is -3.17. The SMILES string of the molecule is COc1ccc(N/C=C(/C#N)C(=O)Nc2cccc(Cl)c2C)cc1OC. The van der Waals surface area contributed by atoms with E-state index in [0.29, 0.717) is 27.9 Å². The van der Waals surface area contributed by atoms with Crippen LogP contribution < -0.4 is 20.1 Å². The Bertz CT molecular complexity index is 888. The fraction of sp³-hybridized carbons (Fsp3) is 0.158. The summed E-state index contributed by atoms with van der Waals surface area (Å²) in [6, 6.07) is 12.2. The molecule has 0 saturated carbocycles. The number of nitrogens with zero attached hydrogens (tertiary/aromatic N) is 1. The molecule has 7 heteroatoms.